The smallest absolute Gasteiger partial charge is 0.197 e. The molecular formula is C18H18N6S. The molecule has 0 saturated heterocycles. The van der Waals surface area contributed by atoms with Crippen LogP contribution in [-0.4, -0.2) is 25.0 Å². The van der Waals surface area contributed by atoms with Crippen molar-refractivity contribution in [3.63, 3.8) is 0 Å². The van der Waals surface area contributed by atoms with Gasteiger partial charge in [0.25, 0.3) is 0 Å². The summed E-state index contributed by atoms with van der Waals surface area (Å²) in [5, 5.41) is 27.9. The highest BCUT2D eigenvalue weighted by Gasteiger charge is 2.18. The van der Waals surface area contributed by atoms with E-state index in [4.69, 9.17) is 0 Å². The van der Waals surface area contributed by atoms with E-state index in [2.05, 4.69) is 26.5 Å². The molecule has 0 saturated carbocycles. The van der Waals surface area contributed by atoms with Gasteiger partial charge in [0.2, 0.25) is 0 Å². The first-order valence-corrected chi connectivity index (χ1v) is 8.92. The fraction of sp³-hybridized carbons (Fsp3) is 0.278. The maximum absolute atomic E-state index is 9.61. The maximum Gasteiger partial charge on any atom is 0.197 e. The van der Waals surface area contributed by atoms with Crippen molar-refractivity contribution >= 4 is 11.8 Å². The Morgan fingerprint density at radius 1 is 1.04 bits per heavy atom. The van der Waals surface area contributed by atoms with E-state index in [1.54, 1.807) is 0 Å². The topological polar surface area (TPSA) is 80.3 Å². The Hall–Kier alpha value is -2.72. The minimum absolute atomic E-state index is 0.576. The maximum atomic E-state index is 9.61. The molecular weight excluding hydrogens is 332 g/mol. The van der Waals surface area contributed by atoms with Crippen molar-refractivity contribution in [2.75, 3.05) is 0 Å². The first-order chi connectivity index (χ1) is 12.2. The standard InChI is InChI=1S/C18H18N6S/c1-4-13-14(11-19)17(22-20-15(13)5-2)25-18-23-21-16(24(18)3)12-9-7-6-8-10-12/h6-10H,4-5H2,1-3H3. The van der Waals surface area contributed by atoms with Crippen LogP contribution in [0.4, 0.5) is 0 Å². The number of aromatic nitrogens is 5. The number of nitrogens with zero attached hydrogens (tertiary/aromatic N) is 6. The SMILES string of the molecule is CCc1nnc(Sc2nnc(-c3ccccc3)n2C)c(C#N)c1CC. The first kappa shape index (κ1) is 17.1. The molecule has 0 unspecified atom stereocenters. The van der Waals surface area contributed by atoms with Gasteiger partial charge in [-0.3, -0.25) is 0 Å². The average Bonchev–Trinajstić information content (AvgIpc) is 3.02. The van der Waals surface area contributed by atoms with Crippen LogP contribution in [-0.2, 0) is 19.9 Å². The summed E-state index contributed by atoms with van der Waals surface area (Å²) in [6, 6.07) is 12.2. The molecule has 0 fully saturated rings. The molecule has 7 heteroatoms. The molecule has 3 rings (SSSR count). The van der Waals surface area contributed by atoms with E-state index < -0.39 is 0 Å². The molecule has 0 atom stereocenters. The number of aryl methyl sites for hydroxylation is 1. The van der Waals surface area contributed by atoms with Gasteiger partial charge < -0.3 is 4.57 Å². The fourth-order valence-corrected chi connectivity index (χ4v) is 3.50. The molecule has 0 bridgehead atoms. The molecule has 126 valence electrons. The Morgan fingerprint density at radius 2 is 1.80 bits per heavy atom. The van der Waals surface area contributed by atoms with Crippen molar-refractivity contribution in [3.8, 4) is 17.5 Å². The predicted molar refractivity (Wildman–Crippen MR) is 96.1 cm³/mol. The zero-order chi connectivity index (χ0) is 17.8. The second-order valence-corrected chi connectivity index (χ2v) is 6.41. The van der Waals surface area contributed by atoms with Crippen LogP contribution in [0.2, 0.25) is 0 Å². The van der Waals surface area contributed by atoms with Crippen LogP contribution >= 0.6 is 11.8 Å². The molecule has 2 heterocycles. The van der Waals surface area contributed by atoms with Gasteiger partial charge in [-0.15, -0.1) is 15.3 Å². The van der Waals surface area contributed by atoms with Crippen molar-refractivity contribution in [2.24, 2.45) is 7.05 Å². The highest BCUT2D eigenvalue weighted by atomic mass is 32.2. The number of benzene rings is 1. The van der Waals surface area contributed by atoms with Crippen LogP contribution in [0.3, 0.4) is 0 Å². The number of rotatable bonds is 5. The second-order valence-electron chi connectivity index (χ2n) is 5.46. The highest BCUT2D eigenvalue weighted by molar-refractivity contribution is 7.99. The van der Waals surface area contributed by atoms with Gasteiger partial charge in [0.15, 0.2) is 11.0 Å². The normalized spacial score (nSPS) is 10.6. The minimum atomic E-state index is 0.576. The van der Waals surface area contributed by atoms with Crippen LogP contribution < -0.4 is 0 Å². The highest BCUT2D eigenvalue weighted by Crippen LogP contribution is 2.31. The summed E-state index contributed by atoms with van der Waals surface area (Å²) < 4.78 is 1.90. The molecule has 2 aromatic heterocycles. The molecule has 0 N–H and O–H groups in total. The molecule has 6 nitrogen and oxygen atoms in total. The van der Waals surface area contributed by atoms with Gasteiger partial charge >= 0.3 is 0 Å². The van der Waals surface area contributed by atoms with Gasteiger partial charge in [-0.2, -0.15) is 10.4 Å². The molecule has 1 aromatic carbocycles. The zero-order valence-electron chi connectivity index (χ0n) is 14.4. The lowest BCUT2D eigenvalue weighted by atomic mass is 10.1. The Balaban J connectivity index is 1.99. The quantitative estimate of drug-likeness (QED) is 0.701. The Morgan fingerprint density at radius 3 is 2.44 bits per heavy atom. The summed E-state index contributed by atoms with van der Waals surface area (Å²) >= 11 is 1.32. The molecule has 3 aromatic rings. The summed E-state index contributed by atoms with van der Waals surface area (Å²) in [6.45, 7) is 4.05. The predicted octanol–water partition coefficient (Wildman–Crippen LogP) is 3.42. The van der Waals surface area contributed by atoms with Crippen LogP contribution in [0.5, 0.6) is 0 Å². The Labute approximate surface area is 150 Å². The molecule has 0 aliphatic heterocycles. The third-order valence-electron chi connectivity index (χ3n) is 3.98. The Bertz CT molecular complexity index is 927. The van der Waals surface area contributed by atoms with E-state index in [9.17, 15) is 5.26 Å². The van der Waals surface area contributed by atoms with Gasteiger partial charge in [-0.25, -0.2) is 0 Å². The summed E-state index contributed by atoms with van der Waals surface area (Å²) in [6.07, 6.45) is 1.52. The molecule has 0 aliphatic carbocycles. The third-order valence-corrected chi connectivity index (χ3v) is 5.00. The van der Waals surface area contributed by atoms with Gasteiger partial charge in [0.1, 0.15) is 11.1 Å². The van der Waals surface area contributed by atoms with Crippen molar-refractivity contribution in [1.82, 2.24) is 25.0 Å². The monoisotopic (exact) mass is 350 g/mol. The largest absolute Gasteiger partial charge is 0.305 e. The summed E-state index contributed by atoms with van der Waals surface area (Å²) in [4.78, 5) is 0. The van der Waals surface area contributed by atoms with Gasteiger partial charge in [-0.1, -0.05) is 44.2 Å². The van der Waals surface area contributed by atoms with E-state index in [0.717, 1.165) is 35.5 Å². The van der Waals surface area contributed by atoms with Crippen molar-refractivity contribution in [2.45, 2.75) is 36.9 Å². The van der Waals surface area contributed by atoms with Gasteiger partial charge in [-0.05, 0) is 30.2 Å². The van der Waals surface area contributed by atoms with E-state index in [1.807, 2.05) is 55.8 Å². The van der Waals surface area contributed by atoms with Crippen LogP contribution in [0, 0.1) is 11.3 Å². The number of hydrogen-bond acceptors (Lipinski definition) is 6. The lowest BCUT2D eigenvalue weighted by molar-refractivity contribution is 0.781. The first-order valence-electron chi connectivity index (χ1n) is 8.10. The molecule has 0 radical (unpaired) electrons. The van der Waals surface area contributed by atoms with Crippen LogP contribution in [0.15, 0.2) is 40.5 Å². The fourth-order valence-electron chi connectivity index (χ4n) is 2.67. The average molecular weight is 350 g/mol. The zero-order valence-corrected chi connectivity index (χ0v) is 15.2. The molecule has 25 heavy (non-hydrogen) atoms. The van der Waals surface area contributed by atoms with Crippen LogP contribution in [0.25, 0.3) is 11.4 Å². The lowest BCUT2D eigenvalue weighted by Gasteiger charge is -2.09. The van der Waals surface area contributed by atoms with Crippen molar-refractivity contribution in [3.05, 3.63) is 47.2 Å². The van der Waals surface area contributed by atoms with E-state index in [0.29, 0.717) is 15.7 Å². The lowest BCUT2D eigenvalue weighted by Crippen LogP contribution is -2.05. The Kier molecular flexibility index (Phi) is 5.10. The van der Waals surface area contributed by atoms with E-state index >= 15 is 0 Å². The number of nitriles is 1. The molecule has 0 aliphatic rings. The molecule has 0 amide bonds. The van der Waals surface area contributed by atoms with Crippen molar-refractivity contribution in [1.29, 1.82) is 5.26 Å². The van der Waals surface area contributed by atoms with E-state index in [1.165, 1.54) is 11.8 Å². The molecule has 0 spiro atoms. The second kappa shape index (κ2) is 7.45. The van der Waals surface area contributed by atoms with Gasteiger partial charge in [0, 0.05) is 12.6 Å². The summed E-state index contributed by atoms with van der Waals surface area (Å²) in [7, 11) is 1.91. The van der Waals surface area contributed by atoms with Crippen molar-refractivity contribution < 1.29 is 0 Å². The minimum Gasteiger partial charge on any atom is -0.305 e. The van der Waals surface area contributed by atoms with Gasteiger partial charge in [0.05, 0.1) is 11.3 Å². The number of hydrogen-bond donors (Lipinski definition) is 0. The third kappa shape index (κ3) is 3.26. The van der Waals surface area contributed by atoms with E-state index in [-0.39, 0.29) is 0 Å². The summed E-state index contributed by atoms with van der Waals surface area (Å²) in [5.74, 6) is 0.774. The summed E-state index contributed by atoms with van der Waals surface area (Å²) in [5.41, 5.74) is 3.43. The van der Waals surface area contributed by atoms with Crippen LogP contribution in [0.1, 0.15) is 30.7 Å².